The minimum absolute atomic E-state index is 0.267. The summed E-state index contributed by atoms with van der Waals surface area (Å²) in [6.07, 6.45) is 1.65. The lowest BCUT2D eigenvalue weighted by molar-refractivity contribution is -0.128. The number of nitrogens with one attached hydrogen (secondary N) is 1. The van der Waals surface area contributed by atoms with Crippen molar-refractivity contribution in [2.45, 2.75) is 46.7 Å². The average Bonchev–Trinajstić information content (AvgIpc) is 3.24. The summed E-state index contributed by atoms with van der Waals surface area (Å²) in [5, 5.41) is 3.49. The molecule has 0 bridgehead atoms. The van der Waals surface area contributed by atoms with Gasteiger partial charge in [-0.25, -0.2) is 4.99 Å². The number of aryl methyl sites for hydroxylation is 1. The van der Waals surface area contributed by atoms with E-state index in [0.29, 0.717) is 19.5 Å². The lowest BCUT2D eigenvalue weighted by Gasteiger charge is -2.38. The Morgan fingerprint density at radius 2 is 1.73 bits per heavy atom. The standard InChI is InChI=1S/C27H37N5O/c1-4-28-27(31-17-15-30(16-18-31)25-12-7-9-21(2)22(25)3)29-19-23-10-5-6-11-24(23)20-32-14-8-13-26(32)33/h5-7,9-12H,4,8,13-20H2,1-3H3,(H,28,29). The van der Waals surface area contributed by atoms with E-state index in [1.165, 1.54) is 27.9 Å². The average molecular weight is 448 g/mol. The van der Waals surface area contributed by atoms with Crippen LogP contribution in [0.1, 0.15) is 42.0 Å². The molecule has 2 aromatic carbocycles. The zero-order valence-electron chi connectivity index (χ0n) is 20.3. The quantitative estimate of drug-likeness (QED) is 0.542. The van der Waals surface area contributed by atoms with Gasteiger partial charge in [0.25, 0.3) is 0 Å². The van der Waals surface area contributed by atoms with E-state index >= 15 is 0 Å². The van der Waals surface area contributed by atoms with Crippen LogP contribution in [0.3, 0.4) is 0 Å². The monoisotopic (exact) mass is 447 g/mol. The molecule has 2 saturated heterocycles. The summed E-state index contributed by atoms with van der Waals surface area (Å²) in [5.74, 6) is 1.24. The molecule has 33 heavy (non-hydrogen) atoms. The highest BCUT2D eigenvalue weighted by Crippen LogP contribution is 2.24. The predicted molar refractivity (Wildman–Crippen MR) is 136 cm³/mol. The van der Waals surface area contributed by atoms with Crippen molar-refractivity contribution in [3.8, 4) is 0 Å². The number of aliphatic imine (C=N–C) groups is 1. The van der Waals surface area contributed by atoms with E-state index in [9.17, 15) is 4.79 Å². The summed E-state index contributed by atoms with van der Waals surface area (Å²) < 4.78 is 0. The topological polar surface area (TPSA) is 51.2 Å². The minimum Gasteiger partial charge on any atom is -0.368 e. The number of hydrogen-bond donors (Lipinski definition) is 1. The fourth-order valence-corrected chi connectivity index (χ4v) is 4.77. The van der Waals surface area contributed by atoms with E-state index in [1.807, 2.05) is 4.90 Å². The maximum atomic E-state index is 12.1. The van der Waals surface area contributed by atoms with Crippen LogP contribution in [0.25, 0.3) is 0 Å². The van der Waals surface area contributed by atoms with E-state index in [0.717, 1.165) is 51.6 Å². The van der Waals surface area contributed by atoms with Gasteiger partial charge in [-0.05, 0) is 55.5 Å². The van der Waals surface area contributed by atoms with Crippen LogP contribution >= 0.6 is 0 Å². The molecule has 0 saturated carbocycles. The van der Waals surface area contributed by atoms with E-state index in [4.69, 9.17) is 4.99 Å². The van der Waals surface area contributed by atoms with Crippen LogP contribution in [-0.4, -0.2) is 60.9 Å². The highest BCUT2D eigenvalue weighted by Gasteiger charge is 2.22. The van der Waals surface area contributed by atoms with E-state index < -0.39 is 0 Å². The predicted octanol–water partition coefficient (Wildman–Crippen LogP) is 3.71. The number of rotatable bonds is 6. The number of piperazine rings is 1. The molecule has 1 N–H and O–H groups in total. The number of likely N-dealkylation sites (tertiary alicyclic amines) is 1. The highest BCUT2D eigenvalue weighted by atomic mass is 16.2. The van der Waals surface area contributed by atoms with Crippen molar-refractivity contribution in [2.24, 2.45) is 4.99 Å². The Labute approximate surface area is 198 Å². The fraction of sp³-hybridized carbons (Fsp3) is 0.481. The largest absolute Gasteiger partial charge is 0.368 e. The number of guanidine groups is 1. The molecule has 2 aliphatic rings. The van der Waals surface area contributed by atoms with Crippen molar-refractivity contribution in [3.05, 3.63) is 64.7 Å². The molecular weight excluding hydrogens is 410 g/mol. The van der Waals surface area contributed by atoms with Gasteiger partial charge in [0.05, 0.1) is 6.54 Å². The molecule has 0 spiro atoms. The first kappa shape index (κ1) is 23.1. The summed E-state index contributed by atoms with van der Waals surface area (Å²) in [7, 11) is 0. The molecule has 1 amide bonds. The van der Waals surface area contributed by atoms with Crippen LogP contribution in [0.2, 0.25) is 0 Å². The number of carbonyl (C=O) groups is 1. The molecule has 6 heteroatoms. The van der Waals surface area contributed by atoms with Crippen LogP contribution in [0.5, 0.6) is 0 Å². The summed E-state index contributed by atoms with van der Waals surface area (Å²) in [4.78, 5) is 23.9. The maximum Gasteiger partial charge on any atom is 0.222 e. The number of amides is 1. The smallest absolute Gasteiger partial charge is 0.222 e. The van der Waals surface area contributed by atoms with E-state index in [-0.39, 0.29) is 5.91 Å². The van der Waals surface area contributed by atoms with Crippen molar-refractivity contribution in [1.29, 1.82) is 0 Å². The molecule has 0 aliphatic carbocycles. The summed E-state index contributed by atoms with van der Waals surface area (Å²) >= 11 is 0. The molecule has 176 valence electrons. The Bertz CT molecular complexity index is 994. The van der Waals surface area contributed by atoms with E-state index in [1.54, 1.807) is 0 Å². The third-order valence-electron chi connectivity index (χ3n) is 6.88. The first-order valence-corrected chi connectivity index (χ1v) is 12.3. The SMILES string of the molecule is CCNC(=NCc1ccccc1CN1CCCC1=O)N1CCN(c2cccc(C)c2C)CC1. The first-order valence-electron chi connectivity index (χ1n) is 12.3. The van der Waals surface area contributed by atoms with Crippen molar-refractivity contribution in [2.75, 3.05) is 44.2 Å². The second-order valence-electron chi connectivity index (χ2n) is 9.05. The minimum atomic E-state index is 0.267. The molecule has 2 aliphatic heterocycles. The van der Waals surface area contributed by atoms with Crippen LogP contribution in [0.15, 0.2) is 47.5 Å². The lowest BCUT2D eigenvalue weighted by atomic mass is 10.1. The fourth-order valence-electron chi connectivity index (χ4n) is 4.77. The Kier molecular flexibility index (Phi) is 7.53. The molecule has 0 atom stereocenters. The van der Waals surface area contributed by atoms with Crippen molar-refractivity contribution >= 4 is 17.6 Å². The highest BCUT2D eigenvalue weighted by molar-refractivity contribution is 5.80. The van der Waals surface area contributed by atoms with Gasteiger partial charge in [-0.15, -0.1) is 0 Å². The number of carbonyl (C=O) groups excluding carboxylic acids is 1. The Morgan fingerprint density at radius 3 is 2.42 bits per heavy atom. The third kappa shape index (κ3) is 5.49. The number of anilines is 1. The summed E-state index contributed by atoms with van der Waals surface area (Å²) in [6.45, 7) is 13.4. The number of nitrogens with zero attached hydrogens (tertiary/aromatic N) is 4. The Morgan fingerprint density at radius 1 is 0.970 bits per heavy atom. The molecular formula is C27H37N5O. The van der Waals surface area contributed by atoms with Crippen LogP contribution in [0, 0.1) is 13.8 Å². The molecule has 0 aromatic heterocycles. The first-order chi connectivity index (χ1) is 16.1. The van der Waals surface area contributed by atoms with Gasteiger partial charge in [0, 0.05) is 57.9 Å². The lowest BCUT2D eigenvalue weighted by Crippen LogP contribution is -2.52. The number of hydrogen-bond acceptors (Lipinski definition) is 3. The van der Waals surface area contributed by atoms with Crippen LogP contribution in [-0.2, 0) is 17.9 Å². The van der Waals surface area contributed by atoms with Crippen molar-refractivity contribution < 1.29 is 4.79 Å². The van der Waals surface area contributed by atoms with Gasteiger partial charge < -0.3 is 20.0 Å². The number of benzene rings is 2. The van der Waals surface area contributed by atoms with Crippen LogP contribution in [0.4, 0.5) is 5.69 Å². The van der Waals surface area contributed by atoms with Gasteiger partial charge in [-0.1, -0.05) is 36.4 Å². The van der Waals surface area contributed by atoms with Gasteiger partial charge in [-0.3, -0.25) is 4.79 Å². The van der Waals surface area contributed by atoms with Crippen molar-refractivity contribution in [3.63, 3.8) is 0 Å². The second kappa shape index (κ2) is 10.7. The molecule has 6 nitrogen and oxygen atoms in total. The Balaban J connectivity index is 1.43. The molecule has 2 fully saturated rings. The normalized spacial score (nSPS) is 17.1. The van der Waals surface area contributed by atoms with Crippen LogP contribution < -0.4 is 10.2 Å². The van der Waals surface area contributed by atoms with Gasteiger partial charge in [0.2, 0.25) is 5.91 Å². The molecule has 2 aromatic rings. The van der Waals surface area contributed by atoms with Gasteiger partial charge in [0.1, 0.15) is 0 Å². The molecule has 0 unspecified atom stereocenters. The molecule has 4 rings (SSSR count). The summed E-state index contributed by atoms with van der Waals surface area (Å²) in [6, 6.07) is 15.0. The van der Waals surface area contributed by atoms with Gasteiger partial charge in [-0.2, -0.15) is 0 Å². The third-order valence-corrected chi connectivity index (χ3v) is 6.88. The van der Waals surface area contributed by atoms with Crippen molar-refractivity contribution in [1.82, 2.24) is 15.1 Å². The molecule has 2 heterocycles. The van der Waals surface area contributed by atoms with E-state index in [2.05, 4.69) is 78.4 Å². The zero-order chi connectivity index (χ0) is 23.2. The zero-order valence-corrected chi connectivity index (χ0v) is 20.3. The van der Waals surface area contributed by atoms with Gasteiger partial charge in [0.15, 0.2) is 5.96 Å². The second-order valence-corrected chi connectivity index (χ2v) is 9.05. The molecule has 0 radical (unpaired) electrons. The summed E-state index contributed by atoms with van der Waals surface area (Å²) in [5.41, 5.74) is 6.47. The van der Waals surface area contributed by atoms with Gasteiger partial charge >= 0.3 is 0 Å². The Hall–Kier alpha value is -3.02. The maximum absolute atomic E-state index is 12.1.